The van der Waals surface area contributed by atoms with Crippen LogP contribution in [-0.4, -0.2) is 25.4 Å². The van der Waals surface area contributed by atoms with Crippen LogP contribution in [0.2, 0.25) is 0 Å². The zero-order valence-corrected chi connectivity index (χ0v) is 27.0. The summed E-state index contributed by atoms with van der Waals surface area (Å²) in [6.07, 6.45) is 3.72. The first-order chi connectivity index (χ1) is 24.3. The van der Waals surface area contributed by atoms with Gasteiger partial charge < -0.3 is 0 Å². The molecule has 0 aliphatic heterocycles. The highest BCUT2D eigenvalue weighted by molar-refractivity contribution is 7.26. The van der Waals surface area contributed by atoms with Gasteiger partial charge in [-0.15, -0.1) is 21.5 Å². The molecule has 0 unspecified atom stereocenters. The van der Waals surface area contributed by atoms with E-state index in [2.05, 4.69) is 107 Å². The molecule has 9 rings (SSSR count). The lowest BCUT2D eigenvalue weighted by Crippen LogP contribution is -2.04. The van der Waals surface area contributed by atoms with E-state index in [0.717, 1.165) is 55.9 Å². The van der Waals surface area contributed by atoms with Crippen molar-refractivity contribution in [1.29, 1.82) is 0 Å². The molecule has 9 aromatic rings. The van der Waals surface area contributed by atoms with E-state index in [0.29, 0.717) is 11.4 Å². The molecule has 0 bridgehead atoms. The number of rotatable bonds is 6. The lowest BCUT2D eigenvalue weighted by Gasteiger charge is -2.20. The number of thiophene rings is 1. The number of fused-ring (bicyclic) bond motifs is 3. The zero-order valence-electron chi connectivity index (χ0n) is 26.2. The normalized spacial score (nSPS) is 11.3. The van der Waals surface area contributed by atoms with Gasteiger partial charge in [0.05, 0.1) is 17.0 Å². The van der Waals surface area contributed by atoms with Gasteiger partial charge in [0.25, 0.3) is 0 Å². The highest BCUT2D eigenvalue weighted by Crippen LogP contribution is 2.50. The minimum atomic E-state index is 0.671. The Balaban J connectivity index is 1.47. The molecule has 0 saturated carbocycles. The Labute approximate surface area is 287 Å². The molecule has 0 radical (unpaired) electrons. The fraction of sp³-hybridized carbons (Fsp3) is 0. The van der Waals surface area contributed by atoms with Crippen molar-refractivity contribution in [2.45, 2.75) is 0 Å². The molecule has 0 spiro atoms. The highest BCUT2D eigenvalue weighted by atomic mass is 32.1. The monoisotopic (exact) mass is 645 g/mol. The van der Waals surface area contributed by atoms with E-state index >= 15 is 0 Å². The Kier molecular flexibility index (Phi) is 7.26. The van der Waals surface area contributed by atoms with Gasteiger partial charge in [0, 0.05) is 49.3 Å². The second-order valence-corrected chi connectivity index (χ2v) is 12.8. The number of pyridine rings is 2. The van der Waals surface area contributed by atoms with Crippen LogP contribution in [0.5, 0.6) is 0 Å². The third kappa shape index (κ3) is 5.06. The van der Waals surface area contributed by atoms with E-state index in [4.69, 9.17) is 15.1 Å². The van der Waals surface area contributed by atoms with Crippen LogP contribution in [0.15, 0.2) is 164 Å². The van der Waals surface area contributed by atoms with E-state index in [1.54, 1.807) is 11.3 Å². The number of nitrogens with zero attached hydrogens (tertiary/aromatic N) is 5. The summed E-state index contributed by atoms with van der Waals surface area (Å²) in [6, 6.07) is 52.2. The van der Waals surface area contributed by atoms with Crippen LogP contribution in [0.1, 0.15) is 0 Å². The van der Waals surface area contributed by atoms with Crippen molar-refractivity contribution in [3.63, 3.8) is 0 Å². The molecule has 230 valence electrons. The third-order valence-electron chi connectivity index (χ3n) is 8.87. The largest absolute Gasteiger partial charge is 0.256 e. The second-order valence-electron chi connectivity index (χ2n) is 11.7. The van der Waals surface area contributed by atoms with Crippen LogP contribution in [0.3, 0.4) is 0 Å². The summed E-state index contributed by atoms with van der Waals surface area (Å²) in [4.78, 5) is 10.1. The number of benzene rings is 5. The average molecular weight is 646 g/mol. The van der Waals surface area contributed by atoms with E-state index in [1.165, 1.54) is 20.2 Å². The molecule has 4 aromatic heterocycles. The summed E-state index contributed by atoms with van der Waals surface area (Å²) in [5.74, 6) is 0. The number of hydrogen-bond donors (Lipinski definition) is 0. The van der Waals surface area contributed by atoms with Crippen LogP contribution >= 0.6 is 11.3 Å². The molecule has 0 N–H and O–H groups in total. The van der Waals surface area contributed by atoms with Crippen molar-refractivity contribution >= 4 is 31.5 Å². The number of aromatic nitrogens is 5. The lowest BCUT2D eigenvalue weighted by molar-refractivity contribution is 0.877. The van der Waals surface area contributed by atoms with E-state index in [-0.39, 0.29) is 0 Å². The Hall–Kier alpha value is -6.37. The maximum atomic E-state index is 5.27. The van der Waals surface area contributed by atoms with E-state index in [9.17, 15) is 0 Å². The van der Waals surface area contributed by atoms with Crippen molar-refractivity contribution in [2.24, 2.45) is 0 Å². The van der Waals surface area contributed by atoms with E-state index in [1.807, 2.05) is 67.0 Å². The minimum absolute atomic E-state index is 0.671. The number of hydrogen-bond acceptors (Lipinski definition) is 6. The van der Waals surface area contributed by atoms with Gasteiger partial charge in [-0.25, -0.2) is 0 Å². The van der Waals surface area contributed by atoms with Gasteiger partial charge in [-0.05, 0) is 57.8 Å². The summed E-state index contributed by atoms with van der Waals surface area (Å²) < 4.78 is 2.43. The first-order valence-corrected chi connectivity index (χ1v) is 16.9. The highest BCUT2D eigenvalue weighted by Gasteiger charge is 2.27. The van der Waals surface area contributed by atoms with Crippen LogP contribution in [0, 0.1) is 0 Å². The van der Waals surface area contributed by atoms with Gasteiger partial charge in [-0.3, -0.25) is 9.97 Å². The van der Waals surface area contributed by atoms with E-state index < -0.39 is 0 Å². The predicted octanol–water partition coefficient (Wildman–Crippen LogP) is 11.0. The Morgan fingerprint density at radius 3 is 1.73 bits per heavy atom. The molecule has 4 heterocycles. The quantitative estimate of drug-likeness (QED) is 0.180. The summed E-state index contributed by atoms with van der Waals surface area (Å²) in [5.41, 5.74) is 10.9. The summed E-state index contributed by atoms with van der Waals surface area (Å²) in [7, 11) is 0. The van der Waals surface area contributed by atoms with Gasteiger partial charge in [-0.2, -0.15) is 0 Å². The SMILES string of the molecule is c1ccc(-c2ccnc(-c3c(-c4ccccc4)ccc4sc5ccccc5c34)c2-c2nnnc(-c3ccccc3)c2-c2ccccn2)cc1. The third-order valence-corrected chi connectivity index (χ3v) is 10.0. The Morgan fingerprint density at radius 1 is 0.388 bits per heavy atom. The molecule has 49 heavy (non-hydrogen) atoms. The molecule has 0 atom stereocenters. The maximum Gasteiger partial charge on any atom is 0.109 e. The van der Waals surface area contributed by atoms with Crippen LogP contribution in [-0.2, 0) is 0 Å². The topological polar surface area (TPSA) is 64.5 Å². The average Bonchev–Trinajstić information content (AvgIpc) is 3.57. The van der Waals surface area contributed by atoms with Crippen LogP contribution in [0.4, 0.5) is 0 Å². The Bertz CT molecular complexity index is 2590. The van der Waals surface area contributed by atoms with Crippen molar-refractivity contribution in [3.8, 4) is 67.3 Å². The molecule has 0 aliphatic carbocycles. The Morgan fingerprint density at radius 2 is 1.02 bits per heavy atom. The maximum absolute atomic E-state index is 5.27. The zero-order chi connectivity index (χ0) is 32.6. The van der Waals surface area contributed by atoms with Crippen molar-refractivity contribution < 1.29 is 0 Å². The fourth-order valence-corrected chi connectivity index (χ4v) is 7.83. The molecule has 0 amide bonds. The molecular formula is C43H27N5S. The standard InChI is InChI=1S/C43H27N5S/c1-4-14-28(15-5-1)31-23-24-36-37(33-20-10-11-22-35(33)49-36)38(31)42-39(32(25-27-45-42)29-16-6-2-7-17-29)43-40(34-21-12-13-26-44-34)41(46-48-47-43)30-18-8-3-9-19-30/h1-27H. The minimum Gasteiger partial charge on any atom is -0.256 e. The van der Waals surface area contributed by atoms with Crippen molar-refractivity contribution in [1.82, 2.24) is 25.4 Å². The second kappa shape index (κ2) is 12.3. The summed E-state index contributed by atoms with van der Waals surface area (Å²) in [6.45, 7) is 0. The van der Waals surface area contributed by atoms with Gasteiger partial charge >= 0.3 is 0 Å². The predicted molar refractivity (Wildman–Crippen MR) is 201 cm³/mol. The molecule has 0 aliphatic rings. The molecular weight excluding hydrogens is 619 g/mol. The first kappa shape index (κ1) is 28.8. The molecule has 5 nitrogen and oxygen atoms in total. The summed E-state index contributed by atoms with van der Waals surface area (Å²) in [5, 5.41) is 16.3. The smallest absolute Gasteiger partial charge is 0.109 e. The van der Waals surface area contributed by atoms with Crippen LogP contribution in [0.25, 0.3) is 87.5 Å². The molecule has 6 heteroatoms. The fourth-order valence-electron chi connectivity index (χ4n) is 6.72. The first-order valence-electron chi connectivity index (χ1n) is 16.1. The van der Waals surface area contributed by atoms with Gasteiger partial charge in [0.2, 0.25) is 0 Å². The van der Waals surface area contributed by atoms with Gasteiger partial charge in [0.1, 0.15) is 11.4 Å². The molecule has 0 fully saturated rings. The lowest BCUT2D eigenvalue weighted by atomic mass is 9.86. The van der Waals surface area contributed by atoms with Crippen molar-refractivity contribution in [2.75, 3.05) is 0 Å². The molecule has 0 saturated heterocycles. The van der Waals surface area contributed by atoms with Gasteiger partial charge in [-0.1, -0.05) is 121 Å². The summed E-state index contributed by atoms with van der Waals surface area (Å²) >= 11 is 1.80. The van der Waals surface area contributed by atoms with Crippen molar-refractivity contribution in [3.05, 3.63) is 164 Å². The van der Waals surface area contributed by atoms with Gasteiger partial charge in [0.15, 0.2) is 0 Å². The molecule has 5 aromatic carbocycles. The van der Waals surface area contributed by atoms with Crippen LogP contribution < -0.4 is 0 Å².